The Morgan fingerprint density at radius 1 is 0.750 bits per heavy atom. The summed E-state index contributed by atoms with van der Waals surface area (Å²) in [6.45, 7) is 8.21. The zero-order chi connectivity index (χ0) is 20.3. The van der Waals surface area contributed by atoms with Crippen molar-refractivity contribution in [1.29, 1.82) is 0 Å². The molecule has 3 rings (SSSR count). The maximum absolute atomic E-state index is 12.6. The second-order valence-corrected chi connectivity index (χ2v) is 7.89. The minimum absolute atomic E-state index is 0.0279. The summed E-state index contributed by atoms with van der Waals surface area (Å²) in [6, 6.07) is 21.7. The lowest BCUT2D eigenvalue weighted by Gasteiger charge is -2.19. The van der Waals surface area contributed by atoms with Crippen LogP contribution in [-0.4, -0.2) is 11.8 Å². The van der Waals surface area contributed by atoms with Gasteiger partial charge >= 0.3 is 5.97 Å². The van der Waals surface area contributed by atoms with E-state index >= 15 is 0 Å². The van der Waals surface area contributed by atoms with Gasteiger partial charge in [-0.1, -0.05) is 63.2 Å². The van der Waals surface area contributed by atoms with Gasteiger partial charge in [-0.2, -0.15) is 0 Å². The van der Waals surface area contributed by atoms with Crippen molar-refractivity contribution in [3.63, 3.8) is 0 Å². The van der Waals surface area contributed by atoms with Crippen LogP contribution in [0.5, 0.6) is 5.75 Å². The quantitative estimate of drug-likeness (QED) is 0.333. The van der Waals surface area contributed by atoms with E-state index < -0.39 is 5.97 Å². The Kier molecular flexibility index (Phi) is 5.46. The molecule has 0 amide bonds. The highest BCUT2D eigenvalue weighted by Gasteiger charge is 2.16. The summed E-state index contributed by atoms with van der Waals surface area (Å²) >= 11 is 0. The van der Waals surface area contributed by atoms with Crippen LogP contribution >= 0.6 is 0 Å². The maximum Gasteiger partial charge on any atom is 0.343 e. The lowest BCUT2D eigenvalue weighted by atomic mass is 9.87. The molecular weight excluding hydrogens is 348 g/mol. The highest BCUT2D eigenvalue weighted by molar-refractivity contribution is 6.09. The van der Waals surface area contributed by atoms with Crippen molar-refractivity contribution in [3.05, 3.63) is 101 Å². The van der Waals surface area contributed by atoms with Crippen molar-refractivity contribution in [1.82, 2.24) is 0 Å². The van der Waals surface area contributed by atoms with E-state index in [1.165, 1.54) is 0 Å². The molecule has 142 valence electrons. The van der Waals surface area contributed by atoms with Crippen molar-refractivity contribution in [2.24, 2.45) is 0 Å². The number of aryl methyl sites for hydroxylation is 1. The normalized spacial score (nSPS) is 11.1. The van der Waals surface area contributed by atoms with Crippen molar-refractivity contribution in [3.8, 4) is 5.75 Å². The van der Waals surface area contributed by atoms with Gasteiger partial charge in [-0.25, -0.2) is 4.79 Å². The standard InChI is InChI=1S/C25H24O3/c1-17-16-20(23(26)18-8-6-5-7-9-18)12-15-22(17)28-24(27)19-10-13-21(14-11-19)25(2,3)4/h5-16H,1-4H3. The lowest BCUT2D eigenvalue weighted by Crippen LogP contribution is -2.13. The minimum Gasteiger partial charge on any atom is -0.423 e. The number of ether oxygens (including phenoxy) is 1. The molecule has 0 N–H and O–H groups in total. The van der Waals surface area contributed by atoms with E-state index in [1.807, 2.05) is 37.3 Å². The number of hydrogen-bond acceptors (Lipinski definition) is 3. The number of carbonyl (C=O) groups excluding carboxylic acids is 2. The molecule has 3 heteroatoms. The van der Waals surface area contributed by atoms with Gasteiger partial charge in [-0.15, -0.1) is 0 Å². The maximum atomic E-state index is 12.6. The van der Waals surface area contributed by atoms with E-state index in [4.69, 9.17) is 4.74 Å². The van der Waals surface area contributed by atoms with Gasteiger partial charge < -0.3 is 4.74 Å². The average molecular weight is 372 g/mol. The summed E-state index contributed by atoms with van der Waals surface area (Å²) in [5.41, 5.74) is 3.62. The first-order valence-corrected chi connectivity index (χ1v) is 9.29. The predicted molar refractivity (Wildman–Crippen MR) is 111 cm³/mol. The summed E-state index contributed by atoms with van der Waals surface area (Å²) in [5, 5.41) is 0. The van der Waals surface area contributed by atoms with E-state index in [2.05, 4.69) is 20.8 Å². The largest absolute Gasteiger partial charge is 0.423 e. The van der Waals surface area contributed by atoms with Crippen molar-refractivity contribution < 1.29 is 14.3 Å². The molecule has 0 spiro atoms. The SMILES string of the molecule is Cc1cc(C(=O)c2ccccc2)ccc1OC(=O)c1ccc(C(C)(C)C)cc1. The van der Waals surface area contributed by atoms with Gasteiger partial charge in [-0.05, 0) is 53.8 Å². The van der Waals surface area contributed by atoms with Gasteiger partial charge in [0.1, 0.15) is 5.75 Å². The Labute approximate surface area is 166 Å². The molecule has 0 unspecified atom stereocenters. The van der Waals surface area contributed by atoms with Crippen LogP contribution in [0.25, 0.3) is 0 Å². The molecule has 0 aliphatic rings. The van der Waals surface area contributed by atoms with Crippen molar-refractivity contribution >= 4 is 11.8 Å². The summed E-state index contributed by atoms with van der Waals surface area (Å²) in [7, 11) is 0. The first-order chi connectivity index (χ1) is 13.3. The molecule has 0 heterocycles. The fraction of sp³-hybridized carbons (Fsp3) is 0.200. The zero-order valence-corrected chi connectivity index (χ0v) is 16.7. The topological polar surface area (TPSA) is 43.4 Å². The van der Waals surface area contributed by atoms with E-state index in [0.717, 1.165) is 11.1 Å². The predicted octanol–water partition coefficient (Wildman–Crippen LogP) is 5.74. The molecular formula is C25H24O3. The Bertz CT molecular complexity index is 994. The second kappa shape index (κ2) is 7.81. The number of hydrogen-bond donors (Lipinski definition) is 0. The van der Waals surface area contributed by atoms with Gasteiger partial charge in [0.25, 0.3) is 0 Å². The number of benzene rings is 3. The number of ketones is 1. The molecule has 3 nitrogen and oxygen atoms in total. The van der Waals surface area contributed by atoms with Gasteiger partial charge in [0.05, 0.1) is 5.56 Å². The fourth-order valence-corrected chi connectivity index (χ4v) is 2.93. The summed E-state index contributed by atoms with van der Waals surface area (Å²) in [5.74, 6) is -0.0143. The molecule has 0 saturated heterocycles. The van der Waals surface area contributed by atoms with Crippen LogP contribution in [0.1, 0.15) is 58.2 Å². The highest BCUT2D eigenvalue weighted by Crippen LogP contribution is 2.24. The molecule has 3 aromatic rings. The van der Waals surface area contributed by atoms with Crippen LogP contribution in [0, 0.1) is 6.92 Å². The molecule has 0 radical (unpaired) electrons. The molecule has 0 fully saturated rings. The van der Waals surface area contributed by atoms with Crippen LogP contribution < -0.4 is 4.74 Å². The molecule has 0 aromatic heterocycles. The first kappa shape index (κ1) is 19.6. The summed E-state index contributed by atoms with van der Waals surface area (Å²) in [6.07, 6.45) is 0. The molecule has 0 atom stereocenters. The zero-order valence-electron chi connectivity index (χ0n) is 16.7. The van der Waals surface area contributed by atoms with Crippen molar-refractivity contribution in [2.45, 2.75) is 33.1 Å². The first-order valence-electron chi connectivity index (χ1n) is 9.29. The minimum atomic E-state index is -0.411. The van der Waals surface area contributed by atoms with E-state index in [0.29, 0.717) is 22.4 Å². The molecule has 3 aromatic carbocycles. The van der Waals surface area contributed by atoms with Gasteiger partial charge in [0.15, 0.2) is 5.78 Å². The van der Waals surface area contributed by atoms with E-state index in [9.17, 15) is 9.59 Å². The van der Waals surface area contributed by atoms with Crippen LogP contribution in [0.4, 0.5) is 0 Å². The third-order valence-electron chi connectivity index (χ3n) is 4.66. The van der Waals surface area contributed by atoms with Gasteiger partial charge in [-0.3, -0.25) is 4.79 Å². The Morgan fingerprint density at radius 2 is 1.36 bits per heavy atom. The van der Waals surface area contributed by atoms with E-state index in [-0.39, 0.29) is 11.2 Å². The average Bonchev–Trinajstić information content (AvgIpc) is 2.69. The van der Waals surface area contributed by atoms with Crippen molar-refractivity contribution in [2.75, 3.05) is 0 Å². The van der Waals surface area contributed by atoms with E-state index in [1.54, 1.807) is 42.5 Å². The van der Waals surface area contributed by atoms with Crippen LogP contribution in [0.3, 0.4) is 0 Å². The third-order valence-corrected chi connectivity index (χ3v) is 4.66. The number of carbonyl (C=O) groups is 2. The lowest BCUT2D eigenvalue weighted by molar-refractivity contribution is 0.0733. The van der Waals surface area contributed by atoms with Crippen LogP contribution in [-0.2, 0) is 5.41 Å². The third kappa shape index (κ3) is 4.37. The molecule has 0 aliphatic heterocycles. The number of esters is 1. The smallest absolute Gasteiger partial charge is 0.343 e. The summed E-state index contributed by atoms with van der Waals surface area (Å²) < 4.78 is 5.55. The monoisotopic (exact) mass is 372 g/mol. The number of rotatable bonds is 4. The molecule has 0 aliphatic carbocycles. The van der Waals surface area contributed by atoms with Gasteiger partial charge in [0, 0.05) is 11.1 Å². The molecule has 0 saturated carbocycles. The van der Waals surface area contributed by atoms with Crippen LogP contribution in [0.2, 0.25) is 0 Å². The Balaban J connectivity index is 1.76. The highest BCUT2D eigenvalue weighted by atomic mass is 16.5. The molecule has 0 bridgehead atoms. The van der Waals surface area contributed by atoms with Crippen LogP contribution in [0.15, 0.2) is 72.8 Å². The summed E-state index contributed by atoms with van der Waals surface area (Å²) in [4.78, 5) is 25.0. The molecule has 28 heavy (non-hydrogen) atoms. The van der Waals surface area contributed by atoms with Gasteiger partial charge in [0.2, 0.25) is 0 Å². The fourth-order valence-electron chi connectivity index (χ4n) is 2.93. The Morgan fingerprint density at radius 3 is 1.93 bits per heavy atom. The Hall–Kier alpha value is -3.20. The second-order valence-electron chi connectivity index (χ2n) is 7.89.